The maximum Gasteiger partial charge on any atom is 0.282 e. The van der Waals surface area contributed by atoms with Gasteiger partial charge in [-0.25, -0.2) is 0 Å². The van der Waals surface area contributed by atoms with E-state index in [1.807, 2.05) is 13.8 Å². The largest absolute Gasteiger partial charge is 0.395 e. The quantitative estimate of drug-likeness (QED) is 0.715. The molecule has 6 nitrogen and oxygen atoms in total. The van der Waals surface area contributed by atoms with Crippen LogP contribution in [-0.2, 0) is 14.9 Å². The third-order valence-corrected chi connectivity index (χ3v) is 5.04. The average molecular weight is 280 g/mol. The van der Waals surface area contributed by atoms with Crippen LogP contribution in [0.4, 0.5) is 0 Å². The number of nitrogens with zero attached hydrogens (tertiary/aromatic N) is 2. The maximum atomic E-state index is 12.5. The van der Waals surface area contributed by atoms with Crippen LogP contribution in [-0.4, -0.2) is 67.6 Å². The summed E-state index contributed by atoms with van der Waals surface area (Å²) in [5.74, 6) is 0. The molecule has 1 N–H and O–H groups in total. The van der Waals surface area contributed by atoms with E-state index in [1.165, 1.54) is 8.61 Å². The zero-order valence-corrected chi connectivity index (χ0v) is 12.0. The van der Waals surface area contributed by atoms with Crippen molar-refractivity contribution in [3.05, 3.63) is 0 Å². The Balaban J connectivity index is 2.86. The Hall–Kier alpha value is -0.210. The van der Waals surface area contributed by atoms with E-state index in [-0.39, 0.29) is 13.2 Å². The van der Waals surface area contributed by atoms with Crippen LogP contribution in [0.25, 0.3) is 0 Å². The number of ether oxygens (including phenoxy) is 1. The van der Waals surface area contributed by atoms with Crippen molar-refractivity contribution < 1.29 is 18.3 Å². The van der Waals surface area contributed by atoms with Crippen LogP contribution in [0, 0.1) is 0 Å². The Morgan fingerprint density at radius 3 is 2.44 bits per heavy atom. The van der Waals surface area contributed by atoms with Gasteiger partial charge in [-0.2, -0.15) is 17.0 Å². The summed E-state index contributed by atoms with van der Waals surface area (Å²) in [4.78, 5) is 0. The second kappa shape index (κ2) is 7.40. The monoisotopic (exact) mass is 280 g/mol. The van der Waals surface area contributed by atoms with E-state index in [4.69, 9.17) is 4.74 Å². The highest BCUT2D eigenvalue weighted by atomic mass is 32.2. The van der Waals surface area contributed by atoms with Gasteiger partial charge in [-0.1, -0.05) is 13.8 Å². The van der Waals surface area contributed by atoms with Crippen LogP contribution in [0.1, 0.15) is 26.7 Å². The lowest BCUT2D eigenvalue weighted by Gasteiger charge is -2.36. The molecule has 0 aromatic carbocycles. The van der Waals surface area contributed by atoms with E-state index in [2.05, 4.69) is 0 Å². The SMILES string of the molecule is CCCN(CCC)S(=O)(=O)N1CCOCC1CO. The number of rotatable bonds is 7. The predicted octanol–water partition coefficient (Wildman–Crippen LogP) is 0.0463. The van der Waals surface area contributed by atoms with Gasteiger partial charge in [0.05, 0.1) is 25.9 Å². The summed E-state index contributed by atoms with van der Waals surface area (Å²) < 4.78 is 33.1. The van der Waals surface area contributed by atoms with Gasteiger partial charge in [-0.05, 0) is 12.8 Å². The molecule has 1 aliphatic rings. The normalized spacial score (nSPS) is 22.6. The Morgan fingerprint density at radius 2 is 1.94 bits per heavy atom. The molecule has 108 valence electrons. The number of aliphatic hydroxyl groups excluding tert-OH is 1. The Bertz CT molecular complexity index is 328. The van der Waals surface area contributed by atoms with E-state index in [0.29, 0.717) is 26.2 Å². The summed E-state index contributed by atoms with van der Waals surface area (Å²) in [6.07, 6.45) is 1.57. The van der Waals surface area contributed by atoms with Crippen molar-refractivity contribution in [2.75, 3.05) is 39.5 Å². The maximum absolute atomic E-state index is 12.5. The lowest BCUT2D eigenvalue weighted by molar-refractivity contribution is 0.00825. The number of morpholine rings is 1. The first-order valence-corrected chi connectivity index (χ1v) is 7.93. The minimum Gasteiger partial charge on any atom is -0.395 e. The van der Waals surface area contributed by atoms with Crippen LogP contribution in [0.2, 0.25) is 0 Å². The van der Waals surface area contributed by atoms with Gasteiger partial charge in [0.2, 0.25) is 0 Å². The minimum absolute atomic E-state index is 0.203. The van der Waals surface area contributed by atoms with Crippen LogP contribution >= 0.6 is 0 Å². The fraction of sp³-hybridized carbons (Fsp3) is 1.00. The lowest BCUT2D eigenvalue weighted by atomic mass is 10.3. The van der Waals surface area contributed by atoms with E-state index < -0.39 is 16.3 Å². The van der Waals surface area contributed by atoms with Crippen molar-refractivity contribution in [1.82, 2.24) is 8.61 Å². The molecule has 1 aliphatic heterocycles. The van der Waals surface area contributed by atoms with Gasteiger partial charge < -0.3 is 9.84 Å². The van der Waals surface area contributed by atoms with E-state index in [1.54, 1.807) is 0 Å². The second-order valence-corrected chi connectivity index (χ2v) is 6.31. The van der Waals surface area contributed by atoms with E-state index in [0.717, 1.165) is 12.8 Å². The van der Waals surface area contributed by atoms with Crippen LogP contribution < -0.4 is 0 Å². The molecular formula is C11H24N2O4S. The minimum atomic E-state index is -3.48. The first-order chi connectivity index (χ1) is 8.57. The van der Waals surface area contributed by atoms with Gasteiger partial charge in [0, 0.05) is 19.6 Å². The topological polar surface area (TPSA) is 70.1 Å². The van der Waals surface area contributed by atoms with Crippen molar-refractivity contribution in [2.24, 2.45) is 0 Å². The Labute approximate surface area is 110 Å². The highest BCUT2D eigenvalue weighted by Crippen LogP contribution is 2.16. The van der Waals surface area contributed by atoms with Gasteiger partial charge >= 0.3 is 0 Å². The van der Waals surface area contributed by atoms with Crippen molar-refractivity contribution in [1.29, 1.82) is 0 Å². The molecule has 1 heterocycles. The fourth-order valence-corrected chi connectivity index (χ4v) is 4.01. The number of aliphatic hydroxyl groups is 1. The Morgan fingerprint density at radius 1 is 1.33 bits per heavy atom. The van der Waals surface area contributed by atoms with Crippen molar-refractivity contribution in [3.8, 4) is 0 Å². The van der Waals surface area contributed by atoms with Gasteiger partial charge in [0.1, 0.15) is 0 Å². The molecule has 0 saturated carbocycles. The zero-order chi connectivity index (χ0) is 13.6. The van der Waals surface area contributed by atoms with Crippen molar-refractivity contribution >= 4 is 10.2 Å². The molecule has 1 atom stereocenters. The molecule has 0 bridgehead atoms. The zero-order valence-electron chi connectivity index (χ0n) is 11.2. The molecule has 18 heavy (non-hydrogen) atoms. The first kappa shape index (κ1) is 15.8. The summed E-state index contributed by atoms with van der Waals surface area (Å²) in [6.45, 7) is 5.73. The summed E-state index contributed by atoms with van der Waals surface area (Å²) in [5, 5.41) is 9.26. The molecule has 1 unspecified atom stereocenters. The molecule has 0 aromatic rings. The summed E-state index contributed by atoms with van der Waals surface area (Å²) in [6, 6.07) is -0.458. The predicted molar refractivity (Wildman–Crippen MR) is 69.5 cm³/mol. The third-order valence-electron chi connectivity index (χ3n) is 2.95. The molecule has 0 amide bonds. The average Bonchev–Trinajstić information content (AvgIpc) is 2.38. The molecule has 1 saturated heterocycles. The number of hydrogen-bond donors (Lipinski definition) is 1. The summed E-state index contributed by atoms with van der Waals surface area (Å²) in [5.41, 5.74) is 0. The number of hydrogen-bond acceptors (Lipinski definition) is 4. The lowest BCUT2D eigenvalue weighted by Crippen LogP contribution is -2.55. The summed E-state index contributed by atoms with van der Waals surface area (Å²) in [7, 11) is -3.48. The van der Waals surface area contributed by atoms with Crippen LogP contribution in [0.3, 0.4) is 0 Å². The van der Waals surface area contributed by atoms with E-state index in [9.17, 15) is 13.5 Å². The molecule has 1 rings (SSSR count). The van der Waals surface area contributed by atoms with E-state index >= 15 is 0 Å². The molecule has 1 fully saturated rings. The van der Waals surface area contributed by atoms with Gasteiger partial charge in [0.25, 0.3) is 10.2 Å². The first-order valence-electron chi connectivity index (χ1n) is 6.53. The van der Waals surface area contributed by atoms with Gasteiger partial charge in [-0.15, -0.1) is 0 Å². The van der Waals surface area contributed by atoms with Gasteiger partial charge in [0.15, 0.2) is 0 Å². The van der Waals surface area contributed by atoms with Crippen molar-refractivity contribution in [3.63, 3.8) is 0 Å². The highest BCUT2D eigenvalue weighted by molar-refractivity contribution is 7.86. The molecule has 0 aliphatic carbocycles. The second-order valence-electron chi connectivity index (χ2n) is 4.43. The fourth-order valence-electron chi connectivity index (χ4n) is 2.08. The standard InChI is InChI=1S/C11H24N2O4S/c1-3-5-12(6-4-2)18(15,16)13-7-8-17-10-11(13)9-14/h11,14H,3-10H2,1-2H3. The summed E-state index contributed by atoms with van der Waals surface area (Å²) >= 11 is 0. The molecule has 0 spiro atoms. The molecule has 0 aromatic heterocycles. The molecular weight excluding hydrogens is 256 g/mol. The Kier molecular flexibility index (Phi) is 6.51. The smallest absolute Gasteiger partial charge is 0.282 e. The van der Waals surface area contributed by atoms with Gasteiger partial charge in [-0.3, -0.25) is 0 Å². The van der Waals surface area contributed by atoms with Crippen LogP contribution in [0.15, 0.2) is 0 Å². The highest BCUT2D eigenvalue weighted by Gasteiger charge is 2.36. The van der Waals surface area contributed by atoms with Crippen molar-refractivity contribution in [2.45, 2.75) is 32.7 Å². The van der Waals surface area contributed by atoms with Crippen LogP contribution in [0.5, 0.6) is 0 Å². The molecule has 7 heteroatoms. The molecule has 0 radical (unpaired) electrons. The third kappa shape index (κ3) is 3.64.